The lowest BCUT2D eigenvalue weighted by Gasteiger charge is -2.37. The minimum absolute atomic E-state index is 0.235. The molecular weight excluding hydrogens is 516 g/mol. The van der Waals surface area contributed by atoms with Crippen LogP contribution >= 0.6 is 0 Å². The SMILES string of the molecule is O=C1C(=Cc2ccccc2-c2cn(C(c3ccccc3)(c3ccccc3)c3ccccc3)cn2)CCC12CCOCC2. The third-order valence-electron chi connectivity index (χ3n) is 9.21. The third-order valence-corrected chi connectivity index (χ3v) is 9.21. The number of allylic oxidation sites excluding steroid dienone is 1. The van der Waals surface area contributed by atoms with Crippen LogP contribution in [0.3, 0.4) is 0 Å². The van der Waals surface area contributed by atoms with Crippen molar-refractivity contribution < 1.29 is 9.53 Å². The molecule has 2 aliphatic rings. The fraction of sp³-hybridized carbons (Fsp3) is 0.211. The van der Waals surface area contributed by atoms with E-state index in [1.165, 1.54) is 0 Å². The molecule has 5 aromatic rings. The number of aromatic nitrogens is 2. The lowest BCUT2D eigenvalue weighted by molar-refractivity contribution is -0.127. The van der Waals surface area contributed by atoms with Crippen molar-refractivity contribution in [1.82, 2.24) is 9.55 Å². The van der Waals surface area contributed by atoms with E-state index >= 15 is 0 Å². The summed E-state index contributed by atoms with van der Waals surface area (Å²) < 4.78 is 7.82. The average molecular weight is 551 g/mol. The van der Waals surface area contributed by atoms with Gasteiger partial charge in [-0.1, -0.05) is 115 Å². The van der Waals surface area contributed by atoms with Gasteiger partial charge in [-0.05, 0) is 59.6 Å². The first-order chi connectivity index (χ1) is 20.7. The Morgan fingerprint density at radius 1 is 0.714 bits per heavy atom. The average Bonchev–Trinajstić information content (AvgIpc) is 3.66. The van der Waals surface area contributed by atoms with Crippen molar-refractivity contribution in [2.45, 2.75) is 31.2 Å². The third kappa shape index (κ3) is 4.43. The zero-order valence-electron chi connectivity index (χ0n) is 23.7. The van der Waals surface area contributed by atoms with E-state index in [4.69, 9.17) is 9.72 Å². The number of imidazole rings is 1. The van der Waals surface area contributed by atoms with Gasteiger partial charge in [0.1, 0.15) is 5.54 Å². The van der Waals surface area contributed by atoms with Crippen LogP contribution < -0.4 is 0 Å². The first kappa shape index (κ1) is 26.4. The van der Waals surface area contributed by atoms with E-state index in [2.05, 4.69) is 120 Å². The Morgan fingerprint density at radius 3 is 1.86 bits per heavy atom. The minimum Gasteiger partial charge on any atom is -0.381 e. The number of rotatable bonds is 6. The largest absolute Gasteiger partial charge is 0.381 e. The number of hydrogen-bond donors (Lipinski definition) is 0. The molecule has 4 aromatic carbocycles. The molecule has 1 saturated heterocycles. The number of carbonyl (C=O) groups excluding carboxylic acids is 1. The van der Waals surface area contributed by atoms with Crippen LogP contribution in [0.15, 0.2) is 133 Å². The Bertz CT molecular complexity index is 1620. The molecular formula is C38H34N2O2. The van der Waals surface area contributed by atoms with Crippen molar-refractivity contribution in [3.05, 3.63) is 156 Å². The van der Waals surface area contributed by atoms with Crippen molar-refractivity contribution in [3.63, 3.8) is 0 Å². The zero-order valence-corrected chi connectivity index (χ0v) is 23.7. The molecule has 0 bridgehead atoms. The summed E-state index contributed by atoms with van der Waals surface area (Å²) in [5.74, 6) is 0.308. The van der Waals surface area contributed by atoms with Gasteiger partial charge in [0, 0.05) is 30.4 Å². The summed E-state index contributed by atoms with van der Waals surface area (Å²) in [7, 11) is 0. The predicted octanol–water partition coefficient (Wildman–Crippen LogP) is 7.93. The molecule has 1 aromatic heterocycles. The summed E-state index contributed by atoms with van der Waals surface area (Å²) in [4.78, 5) is 18.6. The molecule has 1 spiro atoms. The van der Waals surface area contributed by atoms with Gasteiger partial charge in [-0.15, -0.1) is 0 Å². The molecule has 2 fully saturated rings. The highest BCUT2D eigenvalue weighted by Crippen LogP contribution is 2.46. The Morgan fingerprint density at radius 2 is 1.26 bits per heavy atom. The van der Waals surface area contributed by atoms with E-state index in [1.807, 2.05) is 18.5 Å². The number of carbonyl (C=O) groups is 1. The number of ketones is 1. The number of benzene rings is 4. The molecule has 4 heteroatoms. The molecule has 208 valence electrons. The molecule has 2 heterocycles. The maximum absolute atomic E-state index is 13.6. The Labute approximate surface area is 247 Å². The van der Waals surface area contributed by atoms with Gasteiger partial charge < -0.3 is 9.30 Å². The molecule has 0 unspecified atom stereocenters. The monoisotopic (exact) mass is 550 g/mol. The predicted molar refractivity (Wildman–Crippen MR) is 167 cm³/mol. The second-order valence-electron chi connectivity index (χ2n) is 11.5. The van der Waals surface area contributed by atoms with Crippen LogP contribution in [-0.2, 0) is 15.1 Å². The van der Waals surface area contributed by atoms with Crippen LogP contribution in [0.2, 0.25) is 0 Å². The van der Waals surface area contributed by atoms with Gasteiger partial charge in [-0.2, -0.15) is 0 Å². The van der Waals surface area contributed by atoms with E-state index in [9.17, 15) is 4.79 Å². The molecule has 0 radical (unpaired) electrons. The van der Waals surface area contributed by atoms with Gasteiger partial charge in [-0.25, -0.2) is 4.98 Å². The Hall–Kier alpha value is -4.54. The molecule has 1 saturated carbocycles. The van der Waals surface area contributed by atoms with Crippen LogP contribution in [0.4, 0.5) is 0 Å². The van der Waals surface area contributed by atoms with Gasteiger partial charge in [0.25, 0.3) is 0 Å². The van der Waals surface area contributed by atoms with Crippen LogP contribution in [0.25, 0.3) is 17.3 Å². The lowest BCUT2D eigenvalue weighted by Crippen LogP contribution is -2.36. The van der Waals surface area contributed by atoms with E-state index in [0.717, 1.165) is 64.8 Å². The topological polar surface area (TPSA) is 44.1 Å². The second kappa shape index (κ2) is 11.0. The van der Waals surface area contributed by atoms with Gasteiger partial charge in [0.05, 0.1) is 12.0 Å². The van der Waals surface area contributed by atoms with E-state index < -0.39 is 5.54 Å². The van der Waals surface area contributed by atoms with E-state index in [-0.39, 0.29) is 5.41 Å². The van der Waals surface area contributed by atoms with E-state index in [0.29, 0.717) is 19.0 Å². The summed E-state index contributed by atoms with van der Waals surface area (Å²) in [6.45, 7) is 1.36. The number of nitrogens with zero attached hydrogens (tertiary/aromatic N) is 2. The van der Waals surface area contributed by atoms with Crippen LogP contribution in [0.5, 0.6) is 0 Å². The molecule has 4 nitrogen and oxygen atoms in total. The second-order valence-corrected chi connectivity index (χ2v) is 11.5. The molecule has 7 rings (SSSR count). The summed E-state index contributed by atoms with van der Waals surface area (Å²) in [5.41, 5.74) is 6.45. The highest BCUT2D eigenvalue weighted by Gasteiger charge is 2.45. The summed E-state index contributed by atoms with van der Waals surface area (Å²) >= 11 is 0. The Balaban J connectivity index is 1.36. The maximum Gasteiger partial charge on any atom is 0.165 e. The smallest absolute Gasteiger partial charge is 0.165 e. The molecule has 0 atom stereocenters. The summed E-state index contributed by atoms with van der Waals surface area (Å²) in [6, 6.07) is 40.2. The molecule has 1 aliphatic carbocycles. The standard InChI is InChI=1S/C38H34N2O2/c41-36-30(20-21-37(36)22-24-42-25-23-37)26-29-12-10-11-19-34(29)35-27-40(28-39-35)38(31-13-4-1-5-14-31,32-15-6-2-7-16-32)33-17-8-3-9-18-33/h1-19,26-28H,20-25H2. The molecule has 0 N–H and O–H groups in total. The zero-order chi connectivity index (χ0) is 28.4. The van der Waals surface area contributed by atoms with Gasteiger partial charge in [0.2, 0.25) is 0 Å². The normalized spacial score (nSPS) is 17.6. The number of hydrogen-bond acceptors (Lipinski definition) is 3. The first-order valence-electron chi connectivity index (χ1n) is 14.8. The summed E-state index contributed by atoms with van der Waals surface area (Å²) in [6.07, 6.45) is 9.61. The van der Waals surface area contributed by atoms with Crippen LogP contribution in [-0.4, -0.2) is 28.5 Å². The van der Waals surface area contributed by atoms with Crippen molar-refractivity contribution in [3.8, 4) is 11.3 Å². The van der Waals surface area contributed by atoms with Gasteiger partial charge >= 0.3 is 0 Å². The summed E-state index contributed by atoms with van der Waals surface area (Å²) in [5, 5.41) is 0. The fourth-order valence-electron chi connectivity index (χ4n) is 6.99. The maximum atomic E-state index is 13.6. The van der Waals surface area contributed by atoms with Crippen molar-refractivity contribution >= 4 is 11.9 Å². The number of ether oxygens (including phenoxy) is 1. The molecule has 0 amide bonds. The lowest BCUT2D eigenvalue weighted by atomic mass is 9.76. The van der Waals surface area contributed by atoms with Crippen molar-refractivity contribution in [1.29, 1.82) is 0 Å². The highest BCUT2D eigenvalue weighted by atomic mass is 16.5. The van der Waals surface area contributed by atoms with Gasteiger partial charge in [-0.3, -0.25) is 4.79 Å². The van der Waals surface area contributed by atoms with Gasteiger partial charge in [0.15, 0.2) is 5.78 Å². The van der Waals surface area contributed by atoms with E-state index in [1.54, 1.807) is 0 Å². The van der Waals surface area contributed by atoms with Crippen LogP contribution in [0, 0.1) is 5.41 Å². The van der Waals surface area contributed by atoms with Crippen molar-refractivity contribution in [2.75, 3.05) is 13.2 Å². The first-order valence-corrected chi connectivity index (χ1v) is 14.8. The fourth-order valence-corrected chi connectivity index (χ4v) is 6.99. The molecule has 1 aliphatic heterocycles. The quantitative estimate of drug-likeness (QED) is 0.159. The molecule has 42 heavy (non-hydrogen) atoms. The highest BCUT2D eigenvalue weighted by molar-refractivity contribution is 6.06. The van der Waals surface area contributed by atoms with Crippen molar-refractivity contribution in [2.24, 2.45) is 5.41 Å². The van der Waals surface area contributed by atoms with Crippen LogP contribution in [0.1, 0.15) is 47.9 Å². The number of Topliss-reactive ketones (excluding diaryl/α,β-unsaturated/α-hetero) is 1. The Kier molecular flexibility index (Phi) is 6.93. The minimum atomic E-state index is -0.626.